The average molecular weight is 260 g/mol. The van der Waals surface area contributed by atoms with Crippen molar-refractivity contribution in [2.45, 2.75) is 0 Å². The Balaban J connectivity index is 0.00000110. The summed E-state index contributed by atoms with van der Waals surface area (Å²) in [6.07, 6.45) is 0.614. The third kappa shape index (κ3) is 1.85. The van der Waals surface area contributed by atoms with Gasteiger partial charge in [0, 0.05) is 14.0 Å². The van der Waals surface area contributed by atoms with E-state index in [4.69, 9.17) is 0 Å². The van der Waals surface area contributed by atoms with Crippen LogP contribution in [0.25, 0.3) is 22.2 Å². The molecule has 0 aliphatic heterocycles. The van der Waals surface area contributed by atoms with Crippen molar-refractivity contribution in [3.63, 3.8) is 0 Å². The first-order valence-electron chi connectivity index (χ1n) is 5.65. The summed E-state index contributed by atoms with van der Waals surface area (Å²) < 4.78 is 13.9. The van der Waals surface area contributed by atoms with Crippen LogP contribution in [0.1, 0.15) is 13.2 Å². The van der Waals surface area contributed by atoms with Gasteiger partial charge in [-0.05, 0) is 23.8 Å². The second-order valence-electron chi connectivity index (χ2n) is 4.16. The van der Waals surface area contributed by atoms with Crippen LogP contribution in [-0.4, -0.2) is 16.3 Å². The molecule has 0 aliphatic carbocycles. The molecule has 0 saturated carbocycles. The minimum absolute atomic E-state index is 0. The van der Waals surface area contributed by atoms with E-state index in [0.717, 1.165) is 0 Å². The lowest BCUT2D eigenvalue weighted by Crippen LogP contribution is -1.99. The van der Waals surface area contributed by atoms with Crippen LogP contribution in [-0.2, 0) is 0 Å². The number of fused-ring (bicyclic) bond motifs is 1. The van der Waals surface area contributed by atoms with Crippen molar-refractivity contribution >= 4 is 17.3 Å². The number of aromatic nitrogens is 2. The van der Waals surface area contributed by atoms with E-state index in [-0.39, 0.29) is 19.7 Å². The molecule has 0 atom stereocenters. The summed E-state index contributed by atoms with van der Waals surface area (Å²) in [5.74, 6) is -0.471. The highest BCUT2D eigenvalue weighted by Crippen LogP contribution is 2.27. The molecule has 0 fully saturated rings. The summed E-state index contributed by atoms with van der Waals surface area (Å²) in [4.78, 5) is 27.4. The number of rotatable bonds is 2. The maximum atomic E-state index is 13.9. The van der Waals surface area contributed by atoms with Crippen molar-refractivity contribution < 1.29 is 12.0 Å². The van der Waals surface area contributed by atoms with Crippen molar-refractivity contribution in [2.24, 2.45) is 0 Å². The predicted octanol–water partition coefficient (Wildman–Crippen LogP) is 2.97. The highest BCUT2D eigenvalue weighted by Gasteiger charge is 2.11. The summed E-state index contributed by atoms with van der Waals surface area (Å²) >= 11 is 0. The van der Waals surface area contributed by atoms with Gasteiger partial charge in [0.2, 0.25) is 0 Å². The van der Waals surface area contributed by atoms with Crippen LogP contribution >= 0.6 is 0 Å². The molecule has 4 nitrogen and oxygen atoms in total. The Morgan fingerprint density at radius 3 is 2.68 bits per heavy atom. The van der Waals surface area contributed by atoms with E-state index in [2.05, 4.69) is 9.97 Å². The number of aromatic amines is 2. The number of carbonyl (C=O) groups excluding carboxylic acids is 1. The fourth-order valence-corrected chi connectivity index (χ4v) is 2.13. The first kappa shape index (κ1) is 11.4. The second-order valence-corrected chi connectivity index (χ2v) is 4.16. The van der Waals surface area contributed by atoms with E-state index in [1.54, 1.807) is 24.3 Å². The first-order valence-corrected chi connectivity index (χ1v) is 5.65. The highest BCUT2D eigenvalue weighted by molar-refractivity contribution is 5.90. The molecule has 1 heterocycles. The van der Waals surface area contributed by atoms with Gasteiger partial charge < -0.3 is 9.97 Å². The highest BCUT2D eigenvalue weighted by atomic mass is 19.1. The smallest absolute Gasteiger partial charge is 0.306 e. The Morgan fingerprint density at radius 1 is 1.11 bits per heavy atom. The van der Waals surface area contributed by atoms with Gasteiger partial charge in [-0.2, -0.15) is 0 Å². The average Bonchev–Trinajstić information content (AvgIpc) is 2.77. The SMILES string of the molecule is O=Cc1cccc(F)c1-c1ccc2[nH]c(=O)[nH]c2c1.[HH].[HH]. The molecule has 0 amide bonds. The van der Waals surface area contributed by atoms with E-state index in [0.29, 0.717) is 22.9 Å². The van der Waals surface area contributed by atoms with Crippen molar-refractivity contribution in [1.29, 1.82) is 0 Å². The number of imidazole rings is 1. The van der Waals surface area contributed by atoms with Gasteiger partial charge in [-0.25, -0.2) is 9.18 Å². The summed E-state index contributed by atoms with van der Waals surface area (Å²) in [7, 11) is 0. The number of hydrogen-bond donors (Lipinski definition) is 2. The van der Waals surface area contributed by atoms with Gasteiger partial charge in [0.05, 0.1) is 11.0 Å². The van der Waals surface area contributed by atoms with Crippen LogP contribution in [0.5, 0.6) is 0 Å². The van der Waals surface area contributed by atoms with E-state index >= 15 is 0 Å². The normalized spacial score (nSPS) is 10.8. The lowest BCUT2D eigenvalue weighted by atomic mass is 9.99. The van der Waals surface area contributed by atoms with Crippen molar-refractivity contribution in [2.75, 3.05) is 0 Å². The Labute approximate surface area is 109 Å². The van der Waals surface area contributed by atoms with E-state index in [9.17, 15) is 14.0 Å². The Kier molecular flexibility index (Phi) is 2.52. The van der Waals surface area contributed by atoms with Gasteiger partial charge in [0.25, 0.3) is 0 Å². The molecule has 2 aromatic carbocycles. The van der Waals surface area contributed by atoms with E-state index in [1.807, 2.05) is 0 Å². The first-order chi connectivity index (χ1) is 9.19. The molecule has 0 unspecified atom stereocenters. The van der Waals surface area contributed by atoms with Crippen molar-refractivity contribution in [3.8, 4) is 11.1 Å². The predicted molar refractivity (Wildman–Crippen MR) is 73.9 cm³/mol. The molecule has 1 aromatic heterocycles. The molecule has 0 bridgehead atoms. The molecule has 0 saturated heterocycles. The fraction of sp³-hybridized carbons (Fsp3) is 0. The monoisotopic (exact) mass is 260 g/mol. The van der Waals surface area contributed by atoms with Gasteiger partial charge in [0.1, 0.15) is 5.82 Å². The van der Waals surface area contributed by atoms with Crippen molar-refractivity contribution in [1.82, 2.24) is 9.97 Å². The third-order valence-corrected chi connectivity index (χ3v) is 2.98. The van der Waals surface area contributed by atoms with Crippen LogP contribution in [0, 0.1) is 5.82 Å². The zero-order valence-corrected chi connectivity index (χ0v) is 9.74. The standard InChI is InChI=1S/C14H9FN2O2.2H2/c15-10-3-1-2-9(7-18)13(10)8-4-5-11-12(6-8)17-14(19)16-11;;/h1-7H,(H2,16,17,19);2*1H. The third-order valence-electron chi connectivity index (χ3n) is 2.98. The molecule has 2 N–H and O–H groups in total. The molecule has 98 valence electrons. The van der Waals surface area contributed by atoms with E-state index < -0.39 is 5.82 Å². The van der Waals surface area contributed by atoms with Gasteiger partial charge in [-0.1, -0.05) is 18.2 Å². The van der Waals surface area contributed by atoms with Crippen LogP contribution in [0.2, 0.25) is 0 Å². The number of benzene rings is 2. The topological polar surface area (TPSA) is 65.7 Å². The Morgan fingerprint density at radius 2 is 1.89 bits per heavy atom. The minimum Gasteiger partial charge on any atom is -0.306 e. The van der Waals surface area contributed by atoms with Crippen LogP contribution in [0.15, 0.2) is 41.2 Å². The number of carbonyl (C=O) groups is 1. The molecule has 5 heteroatoms. The number of nitrogens with one attached hydrogen (secondary N) is 2. The van der Waals surface area contributed by atoms with Gasteiger partial charge in [0.15, 0.2) is 6.29 Å². The van der Waals surface area contributed by atoms with Gasteiger partial charge in [-0.3, -0.25) is 4.79 Å². The van der Waals surface area contributed by atoms with Gasteiger partial charge in [-0.15, -0.1) is 0 Å². The van der Waals surface area contributed by atoms with Gasteiger partial charge >= 0.3 is 5.69 Å². The fourth-order valence-electron chi connectivity index (χ4n) is 2.13. The lowest BCUT2D eigenvalue weighted by molar-refractivity contribution is 0.112. The molecule has 3 aromatic rings. The number of hydrogen-bond acceptors (Lipinski definition) is 2. The van der Waals surface area contributed by atoms with E-state index in [1.165, 1.54) is 12.1 Å². The van der Waals surface area contributed by atoms with Crippen LogP contribution in [0.4, 0.5) is 4.39 Å². The molecule has 0 aliphatic rings. The zero-order valence-electron chi connectivity index (χ0n) is 9.74. The number of aldehydes is 1. The Hall–Kier alpha value is -2.69. The second kappa shape index (κ2) is 4.20. The maximum Gasteiger partial charge on any atom is 0.323 e. The zero-order chi connectivity index (χ0) is 13.4. The minimum atomic E-state index is -0.471. The summed E-state index contributed by atoms with van der Waals surface area (Å²) in [6.45, 7) is 0. The Bertz CT molecular complexity index is 842. The summed E-state index contributed by atoms with van der Waals surface area (Å²) in [6, 6.07) is 9.31. The largest absolute Gasteiger partial charge is 0.323 e. The molecule has 19 heavy (non-hydrogen) atoms. The number of halogens is 1. The molecule has 0 spiro atoms. The molecular weight excluding hydrogens is 247 g/mol. The van der Waals surface area contributed by atoms with Crippen molar-refractivity contribution in [3.05, 3.63) is 58.3 Å². The number of H-pyrrole nitrogens is 2. The molecule has 3 rings (SSSR count). The van der Waals surface area contributed by atoms with Crippen LogP contribution < -0.4 is 5.69 Å². The lowest BCUT2D eigenvalue weighted by Gasteiger charge is -2.06. The maximum absolute atomic E-state index is 13.9. The van der Waals surface area contributed by atoms with Crippen LogP contribution in [0.3, 0.4) is 0 Å². The molecule has 0 radical (unpaired) electrons. The quantitative estimate of drug-likeness (QED) is 0.696. The summed E-state index contributed by atoms with van der Waals surface area (Å²) in [5, 5.41) is 0. The molecular formula is C14H13FN2O2. The summed E-state index contributed by atoms with van der Waals surface area (Å²) in [5.41, 5.74) is 1.94.